The molecular weight excluding hydrogens is 699 g/mol. The lowest BCUT2D eigenvalue weighted by molar-refractivity contribution is -0.118. The molecular formula is C32H37IN2O10. The Morgan fingerprint density at radius 2 is 1.93 bits per heavy atom. The van der Waals surface area contributed by atoms with Gasteiger partial charge in [-0.1, -0.05) is 12.1 Å². The van der Waals surface area contributed by atoms with Crippen molar-refractivity contribution >= 4 is 45.4 Å². The number of aliphatic hydroxyl groups is 3. The normalized spacial score (nSPS) is 21.3. The Morgan fingerprint density at radius 1 is 1.13 bits per heavy atom. The largest absolute Gasteiger partial charge is 0.493 e. The third kappa shape index (κ3) is 7.22. The highest BCUT2D eigenvalue weighted by Gasteiger charge is 2.43. The van der Waals surface area contributed by atoms with Gasteiger partial charge in [0.1, 0.15) is 12.2 Å². The van der Waals surface area contributed by atoms with Gasteiger partial charge in [-0.15, -0.1) is 0 Å². The molecule has 12 nitrogen and oxygen atoms in total. The molecule has 2 amide bonds. The second-order valence-electron chi connectivity index (χ2n) is 10.9. The molecule has 0 bridgehead atoms. The van der Waals surface area contributed by atoms with Gasteiger partial charge >= 0.3 is 0 Å². The zero-order valence-electron chi connectivity index (χ0n) is 25.0. The van der Waals surface area contributed by atoms with E-state index in [2.05, 4.69) is 27.9 Å². The fraction of sp³-hybridized carbons (Fsp3) is 0.438. The maximum absolute atomic E-state index is 14.3. The van der Waals surface area contributed by atoms with E-state index in [4.69, 9.17) is 23.4 Å². The standard InChI is InChI=1S/C32H37IN2O10/c1-41-24-7-3-5-19-14-27(45-29(19)24)32(40)35(16-21-6-4-10-43-21)23-13-20(31(39)34-8-9-36)15-25(28(23)38)44-30-22(33)11-18(17-37)12-26(30)42-2/h3,5,7,11-12,14-15,21,23,25,28,36-38H,4,6,8-10,13,16-17H2,1-2H3,(H,34,39)/t21-,23-,25+,28+/m1/s1. The molecule has 4 N–H and O–H groups in total. The van der Waals surface area contributed by atoms with E-state index in [1.807, 2.05) is 6.07 Å². The third-order valence-electron chi connectivity index (χ3n) is 7.96. The molecule has 0 radical (unpaired) electrons. The molecule has 1 aromatic heterocycles. The lowest BCUT2D eigenvalue weighted by Gasteiger charge is -2.41. The Hall–Kier alpha value is -3.37. The van der Waals surface area contributed by atoms with Crippen LogP contribution in [0.5, 0.6) is 17.2 Å². The van der Waals surface area contributed by atoms with Crippen molar-refractivity contribution in [3.8, 4) is 17.2 Å². The van der Waals surface area contributed by atoms with Gasteiger partial charge in [0.15, 0.2) is 28.6 Å². The number of amides is 2. The van der Waals surface area contributed by atoms with Gasteiger partial charge in [-0.3, -0.25) is 9.59 Å². The molecule has 5 rings (SSSR count). The van der Waals surface area contributed by atoms with Crippen molar-refractivity contribution in [2.24, 2.45) is 0 Å². The summed E-state index contributed by atoms with van der Waals surface area (Å²) >= 11 is 2.05. The number of methoxy groups -OCH3 is 2. The smallest absolute Gasteiger partial charge is 0.290 e. The average Bonchev–Trinajstić information content (AvgIpc) is 3.74. The number of benzene rings is 2. The van der Waals surface area contributed by atoms with Crippen LogP contribution in [0.15, 0.2) is 52.5 Å². The maximum atomic E-state index is 14.3. The van der Waals surface area contributed by atoms with Gasteiger partial charge in [-0.2, -0.15) is 0 Å². The van der Waals surface area contributed by atoms with Gasteiger partial charge in [-0.05, 0) is 71.3 Å². The van der Waals surface area contributed by atoms with Crippen LogP contribution in [-0.2, 0) is 16.1 Å². The van der Waals surface area contributed by atoms with Gasteiger partial charge in [0.05, 0.1) is 43.1 Å². The molecule has 1 aliphatic heterocycles. The Bertz CT molecular complexity index is 1550. The molecule has 0 saturated carbocycles. The number of fused-ring (bicyclic) bond motifs is 1. The van der Waals surface area contributed by atoms with E-state index in [9.17, 15) is 24.9 Å². The van der Waals surface area contributed by atoms with E-state index < -0.39 is 30.1 Å². The predicted octanol–water partition coefficient (Wildman–Crippen LogP) is 2.78. The summed E-state index contributed by atoms with van der Waals surface area (Å²) in [6, 6.07) is 9.42. The van der Waals surface area contributed by atoms with Crippen molar-refractivity contribution in [1.82, 2.24) is 10.2 Å². The average molecular weight is 737 g/mol. The molecule has 13 heteroatoms. The molecule has 2 heterocycles. The molecule has 4 atom stereocenters. The van der Waals surface area contributed by atoms with Crippen molar-refractivity contribution in [2.75, 3.05) is 40.5 Å². The highest BCUT2D eigenvalue weighted by atomic mass is 127. The minimum absolute atomic E-state index is 0.0119. The number of nitrogens with zero attached hydrogens (tertiary/aromatic N) is 1. The quantitative estimate of drug-likeness (QED) is 0.204. The highest BCUT2D eigenvalue weighted by molar-refractivity contribution is 14.1. The van der Waals surface area contributed by atoms with Crippen LogP contribution >= 0.6 is 22.6 Å². The number of hydrogen-bond donors (Lipinski definition) is 4. The third-order valence-corrected chi connectivity index (χ3v) is 8.77. The summed E-state index contributed by atoms with van der Waals surface area (Å²) in [4.78, 5) is 29.0. The van der Waals surface area contributed by atoms with E-state index in [1.54, 1.807) is 30.3 Å². The number of para-hydroxylation sites is 1. The lowest BCUT2D eigenvalue weighted by atomic mass is 9.87. The number of halogens is 1. The summed E-state index contributed by atoms with van der Waals surface area (Å²) in [5.74, 6) is 0.239. The first-order valence-electron chi connectivity index (χ1n) is 14.7. The van der Waals surface area contributed by atoms with Gasteiger partial charge in [0, 0.05) is 37.1 Å². The van der Waals surface area contributed by atoms with E-state index in [0.717, 1.165) is 12.8 Å². The molecule has 2 aromatic carbocycles. The van der Waals surface area contributed by atoms with Gasteiger partial charge < -0.3 is 48.9 Å². The molecule has 45 heavy (non-hydrogen) atoms. The van der Waals surface area contributed by atoms with Crippen LogP contribution in [0.25, 0.3) is 11.0 Å². The summed E-state index contributed by atoms with van der Waals surface area (Å²) < 4.78 is 29.8. The number of furan rings is 1. The zero-order valence-corrected chi connectivity index (χ0v) is 27.2. The summed E-state index contributed by atoms with van der Waals surface area (Å²) in [7, 11) is 2.98. The Kier molecular flexibility index (Phi) is 10.9. The molecule has 1 fully saturated rings. The van der Waals surface area contributed by atoms with Crippen LogP contribution in [0.1, 0.15) is 35.4 Å². The monoisotopic (exact) mass is 736 g/mol. The molecule has 242 valence electrons. The van der Waals surface area contributed by atoms with Crippen molar-refractivity contribution in [2.45, 2.75) is 50.2 Å². The summed E-state index contributed by atoms with van der Waals surface area (Å²) in [5, 5.41) is 34.2. The molecule has 1 aliphatic carbocycles. The summed E-state index contributed by atoms with van der Waals surface area (Å²) in [5.41, 5.74) is 1.31. The van der Waals surface area contributed by atoms with Crippen LogP contribution in [-0.4, -0.2) is 96.9 Å². The van der Waals surface area contributed by atoms with E-state index >= 15 is 0 Å². The first kappa shape index (κ1) is 33.0. The molecule has 0 unspecified atom stereocenters. The number of aliphatic hydroxyl groups excluding tert-OH is 3. The minimum atomic E-state index is -1.28. The second kappa shape index (κ2) is 14.8. The van der Waals surface area contributed by atoms with Gasteiger partial charge in [0.2, 0.25) is 5.91 Å². The van der Waals surface area contributed by atoms with E-state index in [1.165, 1.54) is 25.2 Å². The van der Waals surface area contributed by atoms with E-state index in [-0.39, 0.29) is 50.2 Å². The van der Waals surface area contributed by atoms with Crippen molar-refractivity contribution in [3.05, 3.63) is 62.9 Å². The topological polar surface area (TPSA) is 160 Å². The van der Waals surface area contributed by atoms with Crippen molar-refractivity contribution in [1.29, 1.82) is 0 Å². The van der Waals surface area contributed by atoms with E-state index in [0.29, 0.717) is 44.0 Å². The van der Waals surface area contributed by atoms with Crippen molar-refractivity contribution in [3.63, 3.8) is 0 Å². The van der Waals surface area contributed by atoms with Crippen LogP contribution in [0.3, 0.4) is 0 Å². The summed E-state index contributed by atoms with van der Waals surface area (Å²) in [6.07, 6.45) is 0.487. The number of rotatable bonds is 12. The molecule has 3 aromatic rings. The number of nitrogens with one attached hydrogen (secondary N) is 1. The summed E-state index contributed by atoms with van der Waals surface area (Å²) in [6.45, 7) is 0.284. The number of carbonyl (C=O) groups is 2. The first-order chi connectivity index (χ1) is 21.8. The Morgan fingerprint density at radius 3 is 2.62 bits per heavy atom. The SMILES string of the molecule is COc1cc(CO)cc(I)c1O[C@H]1C=C(C(=O)NCCO)C[C@@H](N(C[C@H]2CCCO2)C(=O)c2cc3cccc(OC)c3o2)[C@@H]1O. The van der Waals surface area contributed by atoms with Crippen LogP contribution in [0, 0.1) is 3.57 Å². The highest BCUT2D eigenvalue weighted by Crippen LogP contribution is 2.38. The second-order valence-corrected chi connectivity index (χ2v) is 12.0. The first-order valence-corrected chi connectivity index (χ1v) is 15.8. The zero-order chi connectivity index (χ0) is 32.1. The maximum Gasteiger partial charge on any atom is 0.290 e. The fourth-order valence-corrected chi connectivity index (χ4v) is 6.51. The van der Waals surface area contributed by atoms with Gasteiger partial charge in [-0.25, -0.2) is 0 Å². The Balaban J connectivity index is 1.54. The molecule has 2 aliphatic rings. The van der Waals surface area contributed by atoms with Crippen LogP contribution < -0.4 is 19.5 Å². The van der Waals surface area contributed by atoms with Crippen LogP contribution in [0.2, 0.25) is 0 Å². The molecule has 0 spiro atoms. The number of hydrogen-bond acceptors (Lipinski definition) is 10. The predicted molar refractivity (Wildman–Crippen MR) is 171 cm³/mol. The molecule has 1 saturated heterocycles. The van der Waals surface area contributed by atoms with Gasteiger partial charge in [0.25, 0.3) is 5.91 Å². The van der Waals surface area contributed by atoms with Crippen LogP contribution in [0.4, 0.5) is 0 Å². The van der Waals surface area contributed by atoms with Crippen molar-refractivity contribution < 1.29 is 48.3 Å². The number of ether oxygens (including phenoxy) is 4. The number of carbonyl (C=O) groups excluding carboxylic acids is 2. The lowest BCUT2D eigenvalue weighted by Crippen LogP contribution is -2.56. The Labute approximate surface area is 274 Å². The fourth-order valence-electron chi connectivity index (χ4n) is 5.72. The minimum Gasteiger partial charge on any atom is -0.493 e.